The van der Waals surface area contributed by atoms with Gasteiger partial charge in [-0.25, -0.2) is 0 Å². The molecule has 0 aromatic heterocycles. The lowest BCUT2D eigenvalue weighted by molar-refractivity contribution is -0.124. The third kappa shape index (κ3) is 2.22. The van der Waals surface area contributed by atoms with Crippen LogP contribution in [0.1, 0.15) is 51.4 Å². The topological polar surface area (TPSA) is 49.3 Å². The Balaban J connectivity index is 1.53. The van der Waals surface area contributed by atoms with Gasteiger partial charge in [0.2, 0.25) is 5.91 Å². The second-order valence-electron chi connectivity index (χ2n) is 6.10. The minimum Gasteiger partial charge on any atom is -0.391 e. The van der Waals surface area contributed by atoms with Crippen LogP contribution in [0.5, 0.6) is 0 Å². The molecule has 4 atom stereocenters. The Morgan fingerprint density at radius 1 is 0.941 bits per heavy atom. The first-order valence-corrected chi connectivity index (χ1v) is 7.26. The van der Waals surface area contributed by atoms with Crippen LogP contribution in [0.3, 0.4) is 0 Å². The Morgan fingerprint density at radius 3 is 2.18 bits per heavy atom. The van der Waals surface area contributed by atoms with Crippen LogP contribution in [-0.2, 0) is 4.79 Å². The molecule has 0 saturated heterocycles. The van der Waals surface area contributed by atoms with Crippen molar-refractivity contribution in [2.45, 2.75) is 63.5 Å². The van der Waals surface area contributed by atoms with Crippen molar-refractivity contribution >= 4 is 5.91 Å². The maximum Gasteiger partial charge on any atom is 0.223 e. The Morgan fingerprint density at radius 2 is 1.53 bits per heavy atom. The summed E-state index contributed by atoms with van der Waals surface area (Å²) < 4.78 is 0. The lowest BCUT2D eigenvalue weighted by atomic mass is 9.92. The van der Waals surface area contributed by atoms with Gasteiger partial charge in [-0.2, -0.15) is 0 Å². The fourth-order valence-electron chi connectivity index (χ4n) is 3.94. The molecule has 17 heavy (non-hydrogen) atoms. The van der Waals surface area contributed by atoms with Crippen molar-refractivity contribution in [2.75, 3.05) is 0 Å². The number of hydrogen-bond donors (Lipinski definition) is 2. The summed E-state index contributed by atoms with van der Waals surface area (Å²) in [7, 11) is 0. The van der Waals surface area contributed by atoms with E-state index in [1.54, 1.807) is 0 Å². The van der Waals surface area contributed by atoms with Gasteiger partial charge in [0.05, 0.1) is 12.1 Å². The number of carbonyl (C=O) groups is 1. The highest BCUT2D eigenvalue weighted by molar-refractivity contribution is 5.82. The molecule has 3 aliphatic carbocycles. The zero-order valence-electron chi connectivity index (χ0n) is 10.4. The molecule has 3 rings (SSSR count). The van der Waals surface area contributed by atoms with E-state index < -0.39 is 0 Å². The van der Waals surface area contributed by atoms with E-state index in [1.807, 2.05) is 0 Å². The van der Waals surface area contributed by atoms with Gasteiger partial charge in [0.15, 0.2) is 0 Å². The number of aliphatic hydroxyl groups is 1. The maximum absolute atomic E-state index is 12.2. The van der Waals surface area contributed by atoms with Crippen molar-refractivity contribution in [3.8, 4) is 0 Å². The summed E-state index contributed by atoms with van der Waals surface area (Å²) in [4.78, 5) is 12.2. The first-order chi connectivity index (χ1) is 8.27. The van der Waals surface area contributed by atoms with Gasteiger partial charge in [0, 0.05) is 5.92 Å². The van der Waals surface area contributed by atoms with Crippen LogP contribution in [-0.4, -0.2) is 23.2 Å². The summed E-state index contributed by atoms with van der Waals surface area (Å²) in [6, 6.07) is 0.0268. The summed E-state index contributed by atoms with van der Waals surface area (Å²) in [5, 5.41) is 13.0. The van der Waals surface area contributed by atoms with Gasteiger partial charge < -0.3 is 10.4 Å². The van der Waals surface area contributed by atoms with Crippen LogP contribution in [0.25, 0.3) is 0 Å². The third-order valence-electron chi connectivity index (χ3n) is 5.02. The predicted molar refractivity (Wildman–Crippen MR) is 65.3 cm³/mol. The molecule has 4 unspecified atom stereocenters. The van der Waals surface area contributed by atoms with Crippen molar-refractivity contribution in [3.63, 3.8) is 0 Å². The van der Waals surface area contributed by atoms with E-state index in [9.17, 15) is 9.90 Å². The fraction of sp³-hybridized carbons (Fsp3) is 0.929. The number of fused-ring (bicyclic) bond motifs is 1. The molecule has 3 saturated carbocycles. The first kappa shape index (κ1) is 11.5. The molecule has 0 bridgehead atoms. The van der Waals surface area contributed by atoms with E-state index in [4.69, 9.17) is 0 Å². The van der Waals surface area contributed by atoms with Crippen LogP contribution in [0.2, 0.25) is 0 Å². The molecule has 3 nitrogen and oxygen atoms in total. The molecular weight excluding hydrogens is 214 g/mol. The van der Waals surface area contributed by atoms with Gasteiger partial charge in [0.25, 0.3) is 0 Å². The molecule has 96 valence electrons. The summed E-state index contributed by atoms with van der Waals surface area (Å²) in [5.74, 6) is 1.86. The monoisotopic (exact) mass is 237 g/mol. The zero-order valence-corrected chi connectivity index (χ0v) is 10.4. The number of aliphatic hydroxyl groups excluding tert-OH is 1. The molecule has 0 aromatic carbocycles. The van der Waals surface area contributed by atoms with Crippen molar-refractivity contribution in [1.82, 2.24) is 5.32 Å². The molecule has 0 spiro atoms. The fourth-order valence-corrected chi connectivity index (χ4v) is 3.94. The van der Waals surface area contributed by atoms with Gasteiger partial charge in [-0.1, -0.05) is 25.7 Å². The van der Waals surface area contributed by atoms with E-state index in [1.165, 1.54) is 25.7 Å². The summed E-state index contributed by atoms with van der Waals surface area (Å²) in [6.07, 6.45) is 8.83. The van der Waals surface area contributed by atoms with E-state index in [0.717, 1.165) is 25.7 Å². The van der Waals surface area contributed by atoms with E-state index in [-0.39, 0.29) is 24.0 Å². The molecule has 0 heterocycles. The summed E-state index contributed by atoms with van der Waals surface area (Å²) in [5.41, 5.74) is 0. The number of amides is 1. The number of nitrogens with one attached hydrogen (secondary N) is 1. The highest BCUT2D eigenvalue weighted by atomic mass is 16.3. The lowest BCUT2D eigenvalue weighted by Gasteiger charge is -2.28. The maximum atomic E-state index is 12.2. The van der Waals surface area contributed by atoms with Crippen molar-refractivity contribution in [3.05, 3.63) is 0 Å². The standard InChI is InChI=1S/C14H23NO2/c16-12-8-4-3-7-11(12)15-14(17)13-9-5-1-2-6-10(9)13/h9-13,16H,1-8H2,(H,15,17). The normalized spacial score (nSPS) is 44.9. The zero-order chi connectivity index (χ0) is 11.8. The first-order valence-electron chi connectivity index (χ1n) is 7.26. The minimum atomic E-state index is -0.312. The Hall–Kier alpha value is -0.570. The molecule has 0 radical (unpaired) electrons. The van der Waals surface area contributed by atoms with Gasteiger partial charge in [-0.3, -0.25) is 4.79 Å². The van der Waals surface area contributed by atoms with Crippen LogP contribution in [0, 0.1) is 17.8 Å². The Labute approximate surface area is 103 Å². The quantitative estimate of drug-likeness (QED) is 0.770. The van der Waals surface area contributed by atoms with E-state index >= 15 is 0 Å². The molecule has 3 heteroatoms. The Kier molecular flexibility index (Phi) is 3.12. The highest BCUT2D eigenvalue weighted by Crippen LogP contribution is 2.55. The van der Waals surface area contributed by atoms with Gasteiger partial charge in [-0.15, -0.1) is 0 Å². The van der Waals surface area contributed by atoms with E-state index in [2.05, 4.69) is 5.32 Å². The molecule has 0 aliphatic heterocycles. The molecule has 1 amide bonds. The van der Waals surface area contributed by atoms with Crippen LogP contribution >= 0.6 is 0 Å². The molecule has 0 aromatic rings. The van der Waals surface area contributed by atoms with Crippen LogP contribution in [0.15, 0.2) is 0 Å². The minimum absolute atomic E-state index is 0.0268. The smallest absolute Gasteiger partial charge is 0.223 e. The SMILES string of the molecule is O=C(NC1CCCCC1O)C1C2CCCCC21. The number of carbonyl (C=O) groups excluding carboxylic acids is 1. The van der Waals surface area contributed by atoms with Crippen LogP contribution < -0.4 is 5.32 Å². The average Bonchev–Trinajstić information content (AvgIpc) is 3.06. The second kappa shape index (κ2) is 4.60. The van der Waals surface area contributed by atoms with Crippen molar-refractivity contribution in [2.24, 2.45) is 17.8 Å². The average molecular weight is 237 g/mol. The third-order valence-corrected chi connectivity index (χ3v) is 5.02. The lowest BCUT2D eigenvalue weighted by Crippen LogP contribution is -2.45. The molecule has 3 aliphatic rings. The molecule has 3 fully saturated rings. The number of rotatable bonds is 2. The predicted octanol–water partition coefficient (Wildman–Crippen LogP) is 1.84. The van der Waals surface area contributed by atoms with Crippen molar-refractivity contribution < 1.29 is 9.90 Å². The summed E-state index contributed by atoms with van der Waals surface area (Å²) >= 11 is 0. The molecule has 2 N–H and O–H groups in total. The molecular formula is C14H23NO2. The number of hydrogen-bond acceptors (Lipinski definition) is 2. The highest BCUT2D eigenvalue weighted by Gasteiger charge is 2.54. The van der Waals surface area contributed by atoms with Gasteiger partial charge in [0.1, 0.15) is 0 Å². The van der Waals surface area contributed by atoms with E-state index in [0.29, 0.717) is 11.8 Å². The summed E-state index contributed by atoms with van der Waals surface area (Å²) in [6.45, 7) is 0. The van der Waals surface area contributed by atoms with Gasteiger partial charge in [-0.05, 0) is 37.5 Å². The van der Waals surface area contributed by atoms with Crippen molar-refractivity contribution in [1.29, 1.82) is 0 Å². The second-order valence-corrected chi connectivity index (χ2v) is 6.10. The Bertz CT molecular complexity index is 293. The van der Waals surface area contributed by atoms with Crippen LogP contribution in [0.4, 0.5) is 0 Å². The van der Waals surface area contributed by atoms with Gasteiger partial charge >= 0.3 is 0 Å². The largest absolute Gasteiger partial charge is 0.391 e.